The van der Waals surface area contributed by atoms with Gasteiger partial charge in [0.25, 0.3) is 0 Å². The molecule has 0 radical (unpaired) electrons. The van der Waals surface area contributed by atoms with Crippen molar-refractivity contribution in [3.8, 4) is 0 Å². The normalized spacial score (nSPS) is 31.1. The fourth-order valence-corrected chi connectivity index (χ4v) is 5.17. The summed E-state index contributed by atoms with van der Waals surface area (Å²) in [5, 5.41) is 0. The lowest BCUT2D eigenvalue weighted by Gasteiger charge is -2.57. The fourth-order valence-electron chi connectivity index (χ4n) is 3.72. The first kappa shape index (κ1) is 15.2. The van der Waals surface area contributed by atoms with Crippen LogP contribution in [0.15, 0.2) is 0 Å². The van der Waals surface area contributed by atoms with E-state index >= 15 is 0 Å². The Hall–Kier alpha value is -0.193. The molecule has 2 fully saturated rings. The van der Waals surface area contributed by atoms with Crippen molar-refractivity contribution in [3.63, 3.8) is 0 Å². The number of Topliss-reactive ketones (excluding diaryl/α,β-unsaturated/α-hetero) is 1. The molecule has 1 atom stereocenters. The van der Waals surface area contributed by atoms with E-state index in [0.717, 1.165) is 32.1 Å². The summed E-state index contributed by atoms with van der Waals surface area (Å²) in [6.45, 7) is 9.21. The van der Waals surface area contributed by atoms with E-state index in [4.69, 9.17) is 9.16 Å². The molecule has 0 aromatic rings. The third kappa shape index (κ3) is 2.67. The SMILES string of the molecule is CCOC1(C2(O[Si](C)(C)C)CCC2=O)CCCCC1. The van der Waals surface area contributed by atoms with Crippen LogP contribution in [-0.2, 0) is 14.0 Å². The number of hydrogen-bond donors (Lipinski definition) is 0. The van der Waals surface area contributed by atoms with E-state index in [1.807, 2.05) is 6.92 Å². The molecule has 0 bridgehead atoms. The van der Waals surface area contributed by atoms with E-state index in [-0.39, 0.29) is 11.4 Å². The Labute approximate surface area is 118 Å². The number of hydrogen-bond acceptors (Lipinski definition) is 3. The van der Waals surface area contributed by atoms with E-state index in [1.54, 1.807) is 0 Å². The van der Waals surface area contributed by atoms with E-state index in [1.165, 1.54) is 6.42 Å². The molecule has 0 N–H and O–H groups in total. The Morgan fingerprint density at radius 1 is 1.11 bits per heavy atom. The molecule has 0 spiro atoms. The molecule has 0 heterocycles. The van der Waals surface area contributed by atoms with Gasteiger partial charge in [0.1, 0.15) is 11.2 Å². The van der Waals surface area contributed by atoms with Crippen molar-refractivity contribution in [1.29, 1.82) is 0 Å². The third-order valence-electron chi connectivity index (χ3n) is 4.45. The minimum atomic E-state index is -1.76. The molecule has 2 saturated carbocycles. The number of ether oxygens (including phenoxy) is 1. The monoisotopic (exact) mass is 284 g/mol. The number of carbonyl (C=O) groups excluding carboxylic acids is 1. The van der Waals surface area contributed by atoms with Crippen LogP contribution < -0.4 is 0 Å². The third-order valence-corrected chi connectivity index (χ3v) is 5.41. The highest BCUT2D eigenvalue weighted by Crippen LogP contribution is 2.51. The second-order valence-electron chi connectivity index (χ2n) is 6.95. The maximum atomic E-state index is 12.4. The molecule has 1 unspecified atom stereocenters. The standard InChI is InChI=1S/C15H28O3Si/c1-5-17-14(10-7-6-8-11-14)15(12-9-13(15)16)18-19(2,3)4/h5-12H2,1-4H3. The predicted molar refractivity (Wildman–Crippen MR) is 78.8 cm³/mol. The summed E-state index contributed by atoms with van der Waals surface area (Å²) in [6.07, 6.45) is 7.06. The van der Waals surface area contributed by atoms with Crippen LogP contribution in [-0.4, -0.2) is 31.9 Å². The molecule has 0 amide bonds. The highest BCUT2D eigenvalue weighted by molar-refractivity contribution is 6.70. The zero-order chi connectivity index (χ0) is 14.1. The summed E-state index contributed by atoms with van der Waals surface area (Å²) in [4.78, 5) is 12.4. The lowest BCUT2D eigenvalue weighted by Crippen LogP contribution is -2.70. The second kappa shape index (κ2) is 5.30. The zero-order valence-electron chi connectivity index (χ0n) is 12.9. The Morgan fingerprint density at radius 3 is 2.11 bits per heavy atom. The van der Waals surface area contributed by atoms with Gasteiger partial charge in [-0.25, -0.2) is 0 Å². The molecule has 4 heteroatoms. The van der Waals surface area contributed by atoms with Gasteiger partial charge in [0.05, 0.1) is 0 Å². The van der Waals surface area contributed by atoms with Crippen LogP contribution in [0.1, 0.15) is 51.9 Å². The molecule has 2 aliphatic carbocycles. The minimum Gasteiger partial charge on any atom is -0.403 e. The lowest BCUT2D eigenvalue weighted by molar-refractivity contribution is -0.212. The number of ketones is 1. The van der Waals surface area contributed by atoms with Crippen LogP contribution >= 0.6 is 0 Å². The van der Waals surface area contributed by atoms with Crippen molar-refractivity contribution >= 4 is 14.1 Å². The highest BCUT2D eigenvalue weighted by Gasteiger charge is 2.63. The summed E-state index contributed by atoms with van der Waals surface area (Å²) in [5.74, 6) is 0.283. The van der Waals surface area contributed by atoms with Crippen molar-refractivity contribution in [2.24, 2.45) is 0 Å². The highest BCUT2D eigenvalue weighted by atomic mass is 28.4. The van der Waals surface area contributed by atoms with Crippen LogP contribution in [0, 0.1) is 0 Å². The van der Waals surface area contributed by atoms with Crippen LogP contribution in [0.3, 0.4) is 0 Å². The number of rotatable bonds is 5. The van der Waals surface area contributed by atoms with E-state index in [0.29, 0.717) is 13.0 Å². The molecule has 3 nitrogen and oxygen atoms in total. The van der Waals surface area contributed by atoms with Gasteiger partial charge in [-0.1, -0.05) is 19.3 Å². The zero-order valence-corrected chi connectivity index (χ0v) is 13.9. The van der Waals surface area contributed by atoms with Crippen molar-refractivity contribution in [2.45, 2.75) is 82.7 Å². The second-order valence-corrected chi connectivity index (χ2v) is 11.4. The first-order valence-electron chi connectivity index (χ1n) is 7.73. The first-order valence-corrected chi connectivity index (χ1v) is 11.1. The summed E-state index contributed by atoms with van der Waals surface area (Å²) in [6, 6.07) is 0. The average Bonchev–Trinajstić information content (AvgIpc) is 2.34. The minimum absolute atomic E-state index is 0.283. The van der Waals surface area contributed by atoms with Gasteiger partial charge in [0.2, 0.25) is 0 Å². The lowest BCUT2D eigenvalue weighted by atomic mass is 9.62. The molecule has 0 aliphatic heterocycles. The summed E-state index contributed by atoms with van der Waals surface area (Å²) >= 11 is 0. The predicted octanol–water partition coefficient (Wildman–Crippen LogP) is 3.68. The summed E-state index contributed by atoms with van der Waals surface area (Å²) in [7, 11) is -1.76. The van der Waals surface area contributed by atoms with Crippen LogP contribution in [0.25, 0.3) is 0 Å². The van der Waals surface area contributed by atoms with Gasteiger partial charge < -0.3 is 9.16 Å². The summed E-state index contributed by atoms with van der Waals surface area (Å²) < 4.78 is 12.6. The molecule has 2 aliphatic rings. The maximum absolute atomic E-state index is 12.4. The number of carbonyl (C=O) groups is 1. The van der Waals surface area contributed by atoms with Gasteiger partial charge in [-0.3, -0.25) is 4.79 Å². The molecule has 19 heavy (non-hydrogen) atoms. The molecule has 2 rings (SSSR count). The van der Waals surface area contributed by atoms with Crippen molar-refractivity contribution < 1.29 is 14.0 Å². The molecular weight excluding hydrogens is 256 g/mol. The van der Waals surface area contributed by atoms with Gasteiger partial charge in [-0.05, 0) is 45.8 Å². The van der Waals surface area contributed by atoms with Gasteiger partial charge in [-0.15, -0.1) is 0 Å². The first-order chi connectivity index (χ1) is 8.85. The largest absolute Gasteiger partial charge is 0.403 e. The van der Waals surface area contributed by atoms with Gasteiger partial charge in [-0.2, -0.15) is 0 Å². The van der Waals surface area contributed by atoms with Gasteiger partial charge in [0, 0.05) is 13.0 Å². The molecule has 0 aromatic heterocycles. The summed E-state index contributed by atoms with van der Waals surface area (Å²) in [5.41, 5.74) is -0.955. The average molecular weight is 284 g/mol. The Balaban J connectivity index is 2.32. The van der Waals surface area contributed by atoms with E-state index in [2.05, 4.69) is 19.6 Å². The van der Waals surface area contributed by atoms with E-state index in [9.17, 15) is 4.79 Å². The molecular formula is C15H28O3Si. The van der Waals surface area contributed by atoms with E-state index < -0.39 is 13.9 Å². The van der Waals surface area contributed by atoms with Crippen LogP contribution in [0.4, 0.5) is 0 Å². The van der Waals surface area contributed by atoms with Crippen molar-refractivity contribution in [2.75, 3.05) is 6.61 Å². The molecule has 0 aromatic carbocycles. The fraction of sp³-hybridized carbons (Fsp3) is 0.933. The van der Waals surface area contributed by atoms with Crippen molar-refractivity contribution in [1.82, 2.24) is 0 Å². The smallest absolute Gasteiger partial charge is 0.185 e. The quantitative estimate of drug-likeness (QED) is 0.722. The maximum Gasteiger partial charge on any atom is 0.185 e. The molecule has 0 saturated heterocycles. The molecule has 110 valence electrons. The Bertz CT molecular complexity index is 336. The van der Waals surface area contributed by atoms with Gasteiger partial charge >= 0.3 is 0 Å². The Morgan fingerprint density at radius 2 is 1.74 bits per heavy atom. The van der Waals surface area contributed by atoms with Gasteiger partial charge in [0.15, 0.2) is 14.1 Å². The Kier molecular flexibility index (Phi) is 4.24. The van der Waals surface area contributed by atoms with Crippen LogP contribution in [0.2, 0.25) is 19.6 Å². The topological polar surface area (TPSA) is 35.5 Å². The van der Waals surface area contributed by atoms with Crippen molar-refractivity contribution in [3.05, 3.63) is 0 Å². The van der Waals surface area contributed by atoms with Crippen LogP contribution in [0.5, 0.6) is 0 Å².